The van der Waals surface area contributed by atoms with Crippen LogP contribution in [-0.2, 0) is 20.7 Å². The molecule has 0 saturated carbocycles. The van der Waals surface area contributed by atoms with Crippen molar-refractivity contribution in [3.63, 3.8) is 0 Å². The molecule has 0 bridgehead atoms. The van der Waals surface area contributed by atoms with Crippen molar-refractivity contribution in [3.05, 3.63) is 71.8 Å². The van der Waals surface area contributed by atoms with E-state index in [4.69, 9.17) is 9.84 Å². The van der Waals surface area contributed by atoms with Crippen LogP contribution in [0.15, 0.2) is 65.7 Å². The lowest BCUT2D eigenvalue weighted by Gasteiger charge is -2.23. The molecule has 2 amide bonds. The highest BCUT2D eigenvalue weighted by molar-refractivity contribution is 6.39. The summed E-state index contributed by atoms with van der Waals surface area (Å²) in [5, 5.41) is 14.2. The normalized spacial score (nSPS) is 16.8. The minimum Gasteiger partial charge on any atom is -0.465 e. The highest BCUT2D eigenvalue weighted by atomic mass is 16.5. The van der Waals surface area contributed by atoms with Crippen LogP contribution in [-0.4, -0.2) is 47.4 Å². The molecule has 0 spiro atoms. The van der Waals surface area contributed by atoms with Crippen LogP contribution in [0.5, 0.6) is 0 Å². The molecule has 0 radical (unpaired) electrons. The third kappa shape index (κ3) is 7.16. The Hall–Kier alpha value is -3.68. The molecule has 3 atom stereocenters. The zero-order valence-corrected chi connectivity index (χ0v) is 19.4. The maximum absolute atomic E-state index is 13.3. The molecule has 34 heavy (non-hydrogen) atoms. The SMILES string of the molecule is CC(C)CC(NC(=O)O)C(=O)NC(CCc1ccccc1)C(=O)C1=NCC(c2ccccc2)O1. The first-order valence-corrected chi connectivity index (χ1v) is 11.5. The number of carbonyl (C=O) groups is 3. The Morgan fingerprint density at radius 3 is 2.26 bits per heavy atom. The number of hydrogen-bond acceptors (Lipinski definition) is 5. The molecule has 180 valence electrons. The zero-order chi connectivity index (χ0) is 24.5. The fourth-order valence-electron chi connectivity index (χ4n) is 3.85. The second-order valence-corrected chi connectivity index (χ2v) is 8.74. The molecule has 2 aromatic carbocycles. The van der Waals surface area contributed by atoms with Crippen LogP contribution >= 0.6 is 0 Å². The van der Waals surface area contributed by atoms with Crippen molar-refractivity contribution < 1.29 is 24.2 Å². The van der Waals surface area contributed by atoms with Gasteiger partial charge < -0.3 is 20.5 Å². The van der Waals surface area contributed by atoms with Crippen molar-refractivity contribution in [1.29, 1.82) is 0 Å². The van der Waals surface area contributed by atoms with Gasteiger partial charge in [-0.1, -0.05) is 74.5 Å². The van der Waals surface area contributed by atoms with E-state index in [-0.39, 0.29) is 17.9 Å². The Morgan fingerprint density at radius 2 is 1.65 bits per heavy atom. The van der Waals surface area contributed by atoms with E-state index in [9.17, 15) is 14.4 Å². The molecule has 2 aromatic rings. The largest absolute Gasteiger partial charge is 0.465 e. The van der Waals surface area contributed by atoms with Crippen molar-refractivity contribution in [2.75, 3.05) is 6.54 Å². The molecule has 1 aliphatic heterocycles. The molecular weight excluding hydrogens is 434 g/mol. The number of aliphatic imine (C=N–C) groups is 1. The van der Waals surface area contributed by atoms with Crippen molar-refractivity contribution in [1.82, 2.24) is 10.6 Å². The summed E-state index contributed by atoms with van der Waals surface area (Å²) in [6, 6.07) is 17.3. The second kappa shape index (κ2) is 12.0. The number of nitrogens with zero attached hydrogens (tertiary/aromatic N) is 1. The number of rotatable bonds is 11. The molecule has 0 saturated heterocycles. The van der Waals surface area contributed by atoms with Crippen LogP contribution in [0.3, 0.4) is 0 Å². The summed E-state index contributed by atoms with van der Waals surface area (Å²) in [5.41, 5.74) is 1.94. The summed E-state index contributed by atoms with van der Waals surface area (Å²) in [7, 11) is 0. The smallest absolute Gasteiger partial charge is 0.405 e. The average Bonchev–Trinajstić information content (AvgIpc) is 3.32. The number of aryl methyl sites for hydroxylation is 1. The lowest BCUT2D eigenvalue weighted by atomic mass is 9.99. The van der Waals surface area contributed by atoms with Crippen LogP contribution in [0.2, 0.25) is 0 Å². The summed E-state index contributed by atoms with van der Waals surface area (Å²) < 4.78 is 5.85. The molecule has 3 rings (SSSR count). The standard InChI is InChI=1S/C26H31N3O5/c1-17(2)15-21(29-26(32)33)24(31)28-20(14-13-18-9-5-3-6-10-18)23(30)25-27-16-22(34-25)19-11-7-4-8-12-19/h3-12,17,20-22,29H,13-16H2,1-2H3,(H,28,31)(H,32,33). The Kier molecular flexibility index (Phi) is 8.79. The molecule has 3 unspecified atom stereocenters. The van der Waals surface area contributed by atoms with E-state index >= 15 is 0 Å². The van der Waals surface area contributed by atoms with E-state index in [2.05, 4.69) is 15.6 Å². The number of amides is 2. The van der Waals surface area contributed by atoms with Crippen LogP contribution < -0.4 is 10.6 Å². The summed E-state index contributed by atoms with van der Waals surface area (Å²) >= 11 is 0. The number of carboxylic acid groups (broad SMARTS) is 1. The fraction of sp³-hybridized carbons (Fsp3) is 0.385. The Balaban J connectivity index is 1.73. The minimum atomic E-state index is -1.29. The Bertz CT molecular complexity index is 1010. The highest BCUT2D eigenvalue weighted by Gasteiger charge is 2.34. The average molecular weight is 466 g/mol. The predicted molar refractivity (Wildman–Crippen MR) is 129 cm³/mol. The number of Topliss-reactive ketones (excluding diaryl/α,β-unsaturated/α-hetero) is 1. The van der Waals surface area contributed by atoms with Gasteiger partial charge in [0.2, 0.25) is 11.7 Å². The molecular formula is C26H31N3O5. The molecule has 0 aromatic heterocycles. The van der Waals surface area contributed by atoms with Gasteiger partial charge >= 0.3 is 6.09 Å². The number of hydrogen-bond donors (Lipinski definition) is 3. The third-order valence-electron chi connectivity index (χ3n) is 5.56. The molecule has 1 aliphatic rings. The second-order valence-electron chi connectivity index (χ2n) is 8.74. The maximum Gasteiger partial charge on any atom is 0.405 e. The molecule has 3 N–H and O–H groups in total. The summed E-state index contributed by atoms with van der Waals surface area (Å²) in [4.78, 5) is 41.8. The van der Waals surface area contributed by atoms with Gasteiger partial charge in [0, 0.05) is 0 Å². The fourth-order valence-corrected chi connectivity index (χ4v) is 3.85. The summed E-state index contributed by atoms with van der Waals surface area (Å²) in [5.74, 6) is -0.892. The Labute approximate surface area is 199 Å². The molecule has 0 fully saturated rings. The van der Waals surface area contributed by atoms with E-state index in [0.29, 0.717) is 25.8 Å². The van der Waals surface area contributed by atoms with Gasteiger partial charge in [-0.3, -0.25) is 9.59 Å². The minimum absolute atomic E-state index is 0.0150. The molecule has 1 heterocycles. The number of nitrogens with one attached hydrogen (secondary N) is 2. The topological polar surface area (TPSA) is 117 Å². The quantitative estimate of drug-likeness (QED) is 0.469. The number of benzene rings is 2. The van der Waals surface area contributed by atoms with Crippen LogP contribution in [0.4, 0.5) is 4.79 Å². The lowest BCUT2D eigenvalue weighted by Crippen LogP contribution is -2.53. The molecule has 0 aliphatic carbocycles. The maximum atomic E-state index is 13.3. The van der Waals surface area contributed by atoms with Crippen molar-refractivity contribution in [2.24, 2.45) is 10.9 Å². The first kappa shape index (κ1) is 25.0. The van der Waals surface area contributed by atoms with Gasteiger partial charge in [0.1, 0.15) is 12.1 Å². The van der Waals surface area contributed by atoms with E-state index in [1.165, 1.54) is 0 Å². The van der Waals surface area contributed by atoms with Crippen LogP contribution in [0, 0.1) is 5.92 Å². The molecule has 8 nitrogen and oxygen atoms in total. The summed E-state index contributed by atoms with van der Waals surface area (Å²) in [6.07, 6.45) is -0.455. The monoisotopic (exact) mass is 465 g/mol. The van der Waals surface area contributed by atoms with Crippen molar-refractivity contribution in [2.45, 2.75) is 51.3 Å². The van der Waals surface area contributed by atoms with Gasteiger partial charge in [0.25, 0.3) is 5.90 Å². The van der Waals surface area contributed by atoms with Gasteiger partial charge in [-0.05, 0) is 36.3 Å². The van der Waals surface area contributed by atoms with E-state index < -0.39 is 29.9 Å². The number of ketones is 1. The van der Waals surface area contributed by atoms with Gasteiger partial charge in [-0.25, -0.2) is 9.79 Å². The number of carbonyl (C=O) groups excluding carboxylic acids is 2. The van der Waals surface area contributed by atoms with E-state index in [0.717, 1.165) is 11.1 Å². The van der Waals surface area contributed by atoms with Gasteiger partial charge in [0.05, 0.1) is 12.6 Å². The van der Waals surface area contributed by atoms with Crippen molar-refractivity contribution in [3.8, 4) is 0 Å². The van der Waals surface area contributed by atoms with Crippen LogP contribution in [0.1, 0.15) is 43.9 Å². The molecule has 8 heteroatoms. The van der Waals surface area contributed by atoms with E-state index in [1.807, 2.05) is 74.5 Å². The van der Waals surface area contributed by atoms with Gasteiger partial charge in [-0.2, -0.15) is 0 Å². The van der Waals surface area contributed by atoms with Crippen LogP contribution in [0.25, 0.3) is 0 Å². The van der Waals surface area contributed by atoms with Gasteiger partial charge in [-0.15, -0.1) is 0 Å². The summed E-state index contributed by atoms with van der Waals surface area (Å²) in [6.45, 7) is 4.11. The lowest BCUT2D eigenvalue weighted by molar-refractivity contribution is -0.127. The van der Waals surface area contributed by atoms with Gasteiger partial charge in [0.15, 0.2) is 0 Å². The van der Waals surface area contributed by atoms with E-state index in [1.54, 1.807) is 0 Å². The predicted octanol–water partition coefficient (Wildman–Crippen LogP) is 3.53. The Morgan fingerprint density at radius 1 is 1.00 bits per heavy atom. The third-order valence-corrected chi connectivity index (χ3v) is 5.56. The first-order valence-electron chi connectivity index (χ1n) is 11.5. The highest BCUT2D eigenvalue weighted by Crippen LogP contribution is 2.23. The first-order chi connectivity index (χ1) is 16.3. The number of ether oxygens (including phenoxy) is 1. The van der Waals surface area contributed by atoms with Crippen molar-refractivity contribution >= 4 is 23.7 Å². The zero-order valence-electron chi connectivity index (χ0n) is 19.4.